The molecule has 3 aromatic heterocycles. The summed E-state index contributed by atoms with van der Waals surface area (Å²) in [4.78, 5) is 15.2. The molecule has 3 heterocycles. The quantitative estimate of drug-likeness (QED) is 0.180. The van der Waals surface area contributed by atoms with Crippen molar-refractivity contribution in [2.45, 2.75) is 0 Å². The third-order valence-electron chi connectivity index (χ3n) is 10.3. The lowest BCUT2D eigenvalue weighted by molar-refractivity contribution is 0.668. The van der Waals surface area contributed by atoms with Crippen molar-refractivity contribution in [2.75, 3.05) is 0 Å². The fourth-order valence-corrected chi connectivity index (χ4v) is 7.72. The van der Waals surface area contributed by atoms with E-state index in [4.69, 9.17) is 23.8 Å². The molecule has 0 bridgehead atoms. The minimum absolute atomic E-state index is 0.588. The number of nitrogens with zero attached hydrogens (tertiary/aromatic N) is 3. The van der Waals surface area contributed by atoms with Gasteiger partial charge in [0, 0.05) is 38.2 Å². The van der Waals surface area contributed by atoms with Crippen molar-refractivity contribution in [2.24, 2.45) is 0 Å². The molecule has 0 radical (unpaired) electrons. The van der Waals surface area contributed by atoms with Crippen LogP contribution in [0.5, 0.6) is 0 Å². The second kappa shape index (κ2) is 12.1. The van der Waals surface area contributed by atoms with E-state index in [1.54, 1.807) is 0 Å². The fraction of sp³-hybridized carbons (Fsp3) is 0. The van der Waals surface area contributed by atoms with Crippen LogP contribution in [0.2, 0.25) is 0 Å². The van der Waals surface area contributed by atoms with Gasteiger partial charge in [-0.15, -0.1) is 0 Å². The molecule has 0 saturated heterocycles. The molecule has 0 amide bonds. The Morgan fingerprint density at radius 3 is 1.50 bits per heavy atom. The highest BCUT2D eigenvalue weighted by Gasteiger charge is 2.20. The number of hydrogen-bond donors (Lipinski definition) is 0. The highest BCUT2D eigenvalue weighted by atomic mass is 16.3. The van der Waals surface area contributed by atoms with Crippen molar-refractivity contribution in [3.63, 3.8) is 0 Å². The number of hydrogen-bond acceptors (Lipinski definition) is 5. The van der Waals surface area contributed by atoms with Crippen LogP contribution < -0.4 is 0 Å². The van der Waals surface area contributed by atoms with Gasteiger partial charge >= 0.3 is 0 Å². The summed E-state index contributed by atoms with van der Waals surface area (Å²) in [6.07, 6.45) is 0. The molecular weight excluding hydrogens is 663 g/mol. The third kappa shape index (κ3) is 4.98. The van der Waals surface area contributed by atoms with E-state index in [1.165, 1.54) is 5.39 Å². The van der Waals surface area contributed by atoms with E-state index in [-0.39, 0.29) is 0 Å². The van der Waals surface area contributed by atoms with Gasteiger partial charge < -0.3 is 8.83 Å². The predicted molar refractivity (Wildman–Crippen MR) is 219 cm³/mol. The first-order chi connectivity index (χ1) is 26.7. The summed E-state index contributed by atoms with van der Waals surface area (Å²) in [5, 5.41) is 6.50. The van der Waals surface area contributed by atoms with Crippen LogP contribution in [0, 0.1) is 0 Å². The molecule has 11 aromatic rings. The van der Waals surface area contributed by atoms with Crippen LogP contribution in [0.3, 0.4) is 0 Å². The molecule has 0 unspecified atom stereocenters. The normalized spacial score (nSPS) is 11.7. The van der Waals surface area contributed by atoms with Crippen molar-refractivity contribution < 1.29 is 8.83 Å². The molecule has 0 fully saturated rings. The molecule has 5 nitrogen and oxygen atoms in total. The first-order valence-electron chi connectivity index (χ1n) is 18.0. The van der Waals surface area contributed by atoms with E-state index < -0.39 is 0 Å². The number of fused-ring (bicyclic) bond motifs is 7. The molecular formula is C49H29N3O2. The molecule has 54 heavy (non-hydrogen) atoms. The highest BCUT2D eigenvalue weighted by molar-refractivity contribution is 6.17. The zero-order valence-corrected chi connectivity index (χ0v) is 28.9. The molecule has 0 saturated carbocycles. The minimum atomic E-state index is 0.588. The van der Waals surface area contributed by atoms with E-state index in [0.29, 0.717) is 17.5 Å². The molecule has 5 heteroatoms. The van der Waals surface area contributed by atoms with E-state index in [9.17, 15) is 0 Å². The van der Waals surface area contributed by atoms with Crippen molar-refractivity contribution in [1.82, 2.24) is 15.0 Å². The van der Waals surface area contributed by atoms with Crippen molar-refractivity contribution in [3.05, 3.63) is 176 Å². The molecule has 11 rings (SSSR count). The first-order valence-corrected chi connectivity index (χ1v) is 18.0. The Morgan fingerprint density at radius 2 is 0.796 bits per heavy atom. The average Bonchev–Trinajstić information content (AvgIpc) is 3.81. The summed E-state index contributed by atoms with van der Waals surface area (Å²) in [6, 6.07) is 60.4. The highest BCUT2D eigenvalue weighted by Crippen LogP contribution is 2.42. The maximum absolute atomic E-state index is 6.61. The number of furan rings is 2. The lowest BCUT2D eigenvalue weighted by Crippen LogP contribution is -2.00. The van der Waals surface area contributed by atoms with Crippen molar-refractivity contribution in [3.8, 4) is 56.4 Å². The largest absolute Gasteiger partial charge is 0.456 e. The van der Waals surface area contributed by atoms with Crippen molar-refractivity contribution >= 4 is 54.6 Å². The summed E-state index contributed by atoms with van der Waals surface area (Å²) in [6.45, 7) is 0. The van der Waals surface area contributed by atoms with Gasteiger partial charge in [-0.2, -0.15) is 0 Å². The monoisotopic (exact) mass is 691 g/mol. The lowest BCUT2D eigenvalue weighted by atomic mass is 9.97. The smallest absolute Gasteiger partial charge is 0.164 e. The Morgan fingerprint density at radius 1 is 0.296 bits per heavy atom. The number of rotatable bonds is 5. The van der Waals surface area contributed by atoms with E-state index >= 15 is 0 Å². The number of aromatic nitrogens is 3. The van der Waals surface area contributed by atoms with Gasteiger partial charge in [-0.25, -0.2) is 15.0 Å². The Labute approximate surface area is 309 Å². The number of benzene rings is 8. The SMILES string of the molecule is c1ccc(-c2ccc(-c3nc(-c4ccccc4)nc(-c4cccc5oc6cc(-c7cccc8oc9cc%10ccccc%10cc9c78)ccc6c45)n3)cc2)cc1. The van der Waals surface area contributed by atoms with E-state index in [1.807, 2.05) is 54.6 Å². The second-order valence-corrected chi connectivity index (χ2v) is 13.6. The van der Waals surface area contributed by atoms with Gasteiger partial charge in [-0.3, -0.25) is 0 Å². The molecule has 0 aliphatic heterocycles. The second-order valence-electron chi connectivity index (χ2n) is 13.6. The lowest BCUT2D eigenvalue weighted by Gasteiger charge is -2.10. The van der Waals surface area contributed by atoms with Crippen LogP contribution in [0.4, 0.5) is 0 Å². The summed E-state index contributed by atoms with van der Waals surface area (Å²) < 4.78 is 13.0. The summed E-state index contributed by atoms with van der Waals surface area (Å²) in [5.41, 5.74) is 10.5. The topological polar surface area (TPSA) is 65.0 Å². The van der Waals surface area contributed by atoms with Gasteiger partial charge in [0.2, 0.25) is 0 Å². The van der Waals surface area contributed by atoms with Crippen molar-refractivity contribution in [1.29, 1.82) is 0 Å². The van der Waals surface area contributed by atoms with Crippen LogP contribution in [0.25, 0.3) is 111 Å². The molecule has 0 aliphatic rings. The molecule has 0 aliphatic carbocycles. The average molecular weight is 692 g/mol. The van der Waals surface area contributed by atoms with Crippen LogP contribution in [-0.2, 0) is 0 Å². The molecule has 0 atom stereocenters. The van der Waals surface area contributed by atoms with Gasteiger partial charge in [0.1, 0.15) is 22.3 Å². The van der Waals surface area contributed by atoms with E-state index in [0.717, 1.165) is 88.2 Å². The maximum Gasteiger partial charge on any atom is 0.164 e. The van der Waals surface area contributed by atoms with Gasteiger partial charge in [0.15, 0.2) is 17.5 Å². The minimum Gasteiger partial charge on any atom is -0.456 e. The first kappa shape index (κ1) is 30.3. The summed E-state index contributed by atoms with van der Waals surface area (Å²) >= 11 is 0. The zero-order chi connectivity index (χ0) is 35.6. The van der Waals surface area contributed by atoms with Gasteiger partial charge in [0.25, 0.3) is 0 Å². The molecule has 0 spiro atoms. The summed E-state index contributed by atoms with van der Waals surface area (Å²) in [7, 11) is 0. The van der Waals surface area contributed by atoms with E-state index in [2.05, 4.69) is 121 Å². The zero-order valence-electron chi connectivity index (χ0n) is 28.9. The van der Waals surface area contributed by atoms with Gasteiger partial charge in [-0.05, 0) is 69.4 Å². The Bertz CT molecular complexity index is 3200. The van der Waals surface area contributed by atoms with Crippen LogP contribution in [0.15, 0.2) is 185 Å². The Hall–Kier alpha value is -7.37. The maximum atomic E-state index is 6.61. The van der Waals surface area contributed by atoms with Crippen LogP contribution in [-0.4, -0.2) is 15.0 Å². The Kier molecular flexibility index (Phi) is 6.79. The molecule has 0 N–H and O–H groups in total. The molecule has 8 aromatic carbocycles. The fourth-order valence-electron chi connectivity index (χ4n) is 7.72. The standard InChI is InChI=1S/C49H29N3O2/c1-3-11-30(12-4-1)31-21-23-33(24-22-31)48-50-47(32-13-5-2-6-14-32)51-49(52-48)39-18-10-20-42-46(39)38-26-25-36(29-43(38)53-42)37-17-9-19-41-45(37)40-27-34-15-7-8-16-35(34)28-44(40)54-41/h1-29H. The molecule has 252 valence electrons. The van der Waals surface area contributed by atoms with Crippen LogP contribution >= 0.6 is 0 Å². The van der Waals surface area contributed by atoms with Gasteiger partial charge in [-0.1, -0.05) is 140 Å². The Balaban J connectivity index is 1.06. The predicted octanol–water partition coefficient (Wildman–Crippen LogP) is 13.2. The summed E-state index contributed by atoms with van der Waals surface area (Å²) in [5.74, 6) is 1.81. The third-order valence-corrected chi connectivity index (χ3v) is 10.3. The van der Waals surface area contributed by atoms with Gasteiger partial charge in [0.05, 0.1) is 0 Å². The van der Waals surface area contributed by atoms with Crippen LogP contribution in [0.1, 0.15) is 0 Å².